The van der Waals surface area contributed by atoms with E-state index in [1.807, 2.05) is 24.3 Å². The van der Waals surface area contributed by atoms with Crippen molar-refractivity contribution in [2.24, 2.45) is 0 Å². The van der Waals surface area contributed by atoms with E-state index < -0.39 is 0 Å². The molecule has 2 N–H and O–H groups in total. The van der Waals surface area contributed by atoms with Gasteiger partial charge in [0.25, 0.3) is 0 Å². The number of likely N-dealkylation sites (tertiary alicyclic amines) is 1. The van der Waals surface area contributed by atoms with E-state index >= 15 is 0 Å². The predicted molar refractivity (Wildman–Crippen MR) is 71.1 cm³/mol. The summed E-state index contributed by atoms with van der Waals surface area (Å²) >= 11 is 0. The standard InChI is InChI=1S/C14H22N2O/c1-11(2)16-8-7-13(9-16)15-14-6-4-3-5-12(14)10-17/h3-6,11,13,15,17H,7-10H2,1-2H3. The van der Waals surface area contributed by atoms with Gasteiger partial charge in [0.1, 0.15) is 0 Å². The molecule has 1 saturated heterocycles. The fraction of sp³-hybridized carbons (Fsp3) is 0.571. The van der Waals surface area contributed by atoms with Crippen molar-refractivity contribution < 1.29 is 5.11 Å². The number of aliphatic hydroxyl groups is 1. The molecule has 0 spiro atoms. The Morgan fingerprint density at radius 3 is 2.82 bits per heavy atom. The first-order valence-corrected chi connectivity index (χ1v) is 6.40. The first kappa shape index (κ1) is 12.4. The summed E-state index contributed by atoms with van der Waals surface area (Å²) in [7, 11) is 0. The van der Waals surface area contributed by atoms with Crippen LogP contribution in [0.2, 0.25) is 0 Å². The van der Waals surface area contributed by atoms with E-state index in [-0.39, 0.29) is 6.61 Å². The summed E-state index contributed by atoms with van der Waals surface area (Å²) in [5, 5.41) is 12.8. The topological polar surface area (TPSA) is 35.5 Å². The number of aliphatic hydroxyl groups excluding tert-OH is 1. The molecule has 1 aromatic carbocycles. The monoisotopic (exact) mass is 234 g/mol. The molecular formula is C14H22N2O. The first-order chi connectivity index (χ1) is 8.20. The zero-order chi connectivity index (χ0) is 12.3. The zero-order valence-corrected chi connectivity index (χ0v) is 10.7. The van der Waals surface area contributed by atoms with Crippen LogP contribution in [0.3, 0.4) is 0 Å². The Morgan fingerprint density at radius 1 is 1.41 bits per heavy atom. The third-order valence-electron chi connectivity index (χ3n) is 3.50. The largest absolute Gasteiger partial charge is 0.392 e. The number of para-hydroxylation sites is 1. The van der Waals surface area contributed by atoms with Crippen molar-refractivity contribution in [3.8, 4) is 0 Å². The molecule has 1 unspecified atom stereocenters. The maximum Gasteiger partial charge on any atom is 0.0701 e. The Balaban J connectivity index is 1.98. The van der Waals surface area contributed by atoms with Crippen LogP contribution in [0.25, 0.3) is 0 Å². The number of hydrogen-bond donors (Lipinski definition) is 2. The highest BCUT2D eigenvalue weighted by molar-refractivity contribution is 5.51. The lowest BCUT2D eigenvalue weighted by molar-refractivity contribution is 0.273. The second-order valence-corrected chi connectivity index (χ2v) is 5.03. The summed E-state index contributed by atoms with van der Waals surface area (Å²) in [4.78, 5) is 2.49. The molecule has 0 aliphatic carbocycles. The van der Waals surface area contributed by atoms with E-state index in [4.69, 9.17) is 0 Å². The SMILES string of the molecule is CC(C)N1CCC(Nc2ccccc2CO)C1. The molecule has 1 heterocycles. The number of anilines is 1. The highest BCUT2D eigenvalue weighted by Gasteiger charge is 2.24. The van der Waals surface area contributed by atoms with E-state index in [0.717, 1.165) is 24.3 Å². The Morgan fingerprint density at radius 2 is 2.18 bits per heavy atom. The van der Waals surface area contributed by atoms with Crippen molar-refractivity contribution >= 4 is 5.69 Å². The van der Waals surface area contributed by atoms with Crippen molar-refractivity contribution in [2.45, 2.75) is 39.0 Å². The van der Waals surface area contributed by atoms with Gasteiger partial charge in [-0.15, -0.1) is 0 Å². The maximum atomic E-state index is 9.28. The number of nitrogens with zero attached hydrogens (tertiary/aromatic N) is 1. The minimum absolute atomic E-state index is 0.101. The summed E-state index contributed by atoms with van der Waals surface area (Å²) in [5.74, 6) is 0. The van der Waals surface area contributed by atoms with Gasteiger partial charge in [-0.25, -0.2) is 0 Å². The lowest BCUT2D eigenvalue weighted by Gasteiger charge is -2.21. The molecule has 0 radical (unpaired) electrons. The van der Waals surface area contributed by atoms with E-state index in [1.165, 1.54) is 6.42 Å². The molecule has 0 aromatic heterocycles. The zero-order valence-electron chi connectivity index (χ0n) is 10.7. The second-order valence-electron chi connectivity index (χ2n) is 5.03. The van der Waals surface area contributed by atoms with Crippen LogP contribution in [-0.4, -0.2) is 35.2 Å². The second kappa shape index (κ2) is 5.52. The summed E-state index contributed by atoms with van der Waals surface area (Å²) in [6.07, 6.45) is 1.18. The number of hydrogen-bond acceptors (Lipinski definition) is 3. The number of benzene rings is 1. The molecule has 1 aliphatic heterocycles. The van der Waals surface area contributed by atoms with Crippen molar-refractivity contribution in [2.75, 3.05) is 18.4 Å². The highest BCUT2D eigenvalue weighted by atomic mass is 16.3. The Bertz CT molecular complexity index is 365. The summed E-state index contributed by atoms with van der Waals surface area (Å²) in [6, 6.07) is 9.11. The van der Waals surface area contributed by atoms with Crippen LogP contribution >= 0.6 is 0 Å². The van der Waals surface area contributed by atoms with E-state index in [9.17, 15) is 5.11 Å². The van der Waals surface area contributed by atoms with Gasteiger partial charge in [-0.3, -0.25) is 4.90 Å². The summed E-state index contributed by atoms with van der Waals surface area (Å²) in [5.41, 5.74) is 2.06. The van der Waals surface area contributed by atoms with Gasteiger partial charge in [0.15, 0.2) is 0 Å². The number of rotatable bonds is 4. The van der Waals surface area contributed by atoms with Crippen molar-refractivity contribution in [1.29, 1.82) is 0 Å². The van der Waals surface area contributed by atoms with E-state index in [2.05, 4.69) is 24.1 Å². The highest BCUT2D eigenvalue weighted by Crippen LogP contribution is 2.20. The molecule has 0 amide bonds. The number of nitrogens with one attached hydrogen (secondary N) is 1. The van der Waals surface area contributed by atoms with Crippen LogP contribution in [-0.2, 0) is 6.61 Å². The van der Waals surface area contributed by atoms with Crippen molar-refractivity contribution in [3.63, 3.8) is 0 Å². The van der Waals surface area contributed by atoms with Crippen LogP contribution in [0.15, 0.2) is 24.3 Å². The Kier molecular flexibility index (Phi) is 4.02. The van der Waals surface area contributed by atoms with Crippen molar-refractivity contribution in [3.05, 3.63) is 29.8 Å². The predicted octanol–water partition coefficient (Wildman–Crippen LogP) is 2.07. The van der Waals surface area contributed by atoms with Gasteiger partial charge in [0.2, 0.25) is 0 Å². The van der Waals surface area contributed by atoms with Gasteiger partial charge in [-0.05, 0) is 26.3 Å². The molecule has 17 heavy (non-hydrogen) atoms. The van der Waals surface area contributed by atoms with Crippen LogP contribution in [0.4, 0.5) is 5.69 Å². The molecule has 3 heteroatoms. The van der Waals surface area contributed by atoms with Gasteiger partial charge in [0.05, 0.1) is 6.61 Å². The van der Waals surface area contributed by atoms with Crippen LogP contribution in [0.1, 0.15) is 25.8 Å². The quantitative estimate of drug-likeness (QED) is 0.837. The fourth-order valence-corrected chi connectivity index (χ4v) is 2.39. The minimum atomic E-state index is 0.101. The van der Waals surface area contributed by atoms with Gasteiger partial charge >= 0.3 is 0 Å². The average molecular weight is 234 g/mol. The van der Waals surface area contributed by atoms with Crippen LogP contribution < -0.4 is 5.32 Å². The molecule has 0 saturated carbocycles. The Labute approximate surface area is 103 Å². The summed E-state index contributed by atoms with van der Waals surface area (Å²) in [6.45, 7) is 6.84. The molecular weight excluding hydrogens is 212 g/mol. The first-order valence-electron chi connectivity index (χ1n) is 6.40. The third kappa shape index (κ3) is 2.99. The summed E-state index contributed by atoms with van der Waals surface area (Å²) < 4.78 is 0. The van der Waals surface area contributed by atoms with E-state index in [1.54, 1.807) is 0 Å². The van der Waals surface area contributed by atoms with Crippen LogP contribution in [0, 0.1) is 0 Å². The fourth-order valence-electron chi connectivity index (χ4n) is 2.39. The normalized spacial score (nSPS) is 21.1. The molecule has 2 rings (SSSR count). The van der Waals surface area contributed by atoms with E-state index in [0.29, 0.717) is 12.1 Å². The van der Waals surface area contributed by atoms with Crippen molar-refractivity contribution in [1.82, 2.24) is 4.90 Å². The third-order valence-corrected chi connectivity index (χ3v) is 3.50. The average Bonchev–Trinajstić information content (AvgIpc) is 2.78. The lowest BCUT2D eigenvalue weighted by Crippen LogP contribution is -2.31. The molecule has 1 atom stereocenters. The molecule has 0 bridgehead atoms. The van der Waals surface area contributed by atoms with Gasteiger partial charge in [-0.2, -0.15) is 0 Å². The maximum absolute atomic E-state index is 9.28. The lowest BCUT2D eigenvalue weighted by atomic mass is 10.1. The molecule has 1 aliphatic rings. The molecule has 1 fully saturated rings. The molecule has 3 nitrogen and oxygen atoms in total. The molecule has 1 aromatic rings. The van der Waals surface area contributed by atoms with Gasteiger partial charge < -0.3 is 10.4 Å². The van der Waals surface area contributed by atoms with Gasteiger partial charge in [-0.1, -0.05) is 18.2 Å². The van der Waals surface area contributed by atoms with Crippen LogP contribution in [0.5, 0.6) is 0 Å². The smallest absolute Gasteiger partial charge is 0.0701 e. The van der Waals surface area contributed by atoms with Gasteiger partial charge in [0, 0.05) is 36.4 Å². The molecule has 94 valence electrons. The minimum Gasteiger partial charge on any atom is -0.392 e. The Hall–Kier alpha value is -1.06.